The highest BCUT2D eigenvalue weighted by molar-refractivity contribution is 6.05. The fourth-order valence-corrected chi connectivity index (χ4v) is 8.35. The summed E-state index contributed by atoms with van der Waals surface area (Å²) in [5, 5.41) is 24.1. The SMILES string of the molecule is O=C1CCC(N2Cc3ccc(N4CCN(Cc5ccc(O[C@@H]6C[C@@H]7CNc8nnc(-c9cc(F)cc(F)c9O)cc8N7C6)cc5F)CC4)cc3C2=O)C(=O)N1. The molecule has 284 valence electrons. The number of amides is 3. The van der Waals surface area contributed by atoms with Gasteiger partial charge in [0.25, 0.3) is 5.91 Å². The summed E-state index contributed by atoms with van der Waals surface area (Å²) >= 11 is 0. The first-order chi connectivity index (χ1) is 26.6. The number of piperidine rings is 1. The number of nitrogens with one attached hydrogen (secondary N) is 2. The lowest BCUT2D eigenvalue weighted by Gasteiger charge is -2.36. The van der Waals surface area contributed by atoms with Crippen LogP contribution in [0.5, 0.6) is 11.5 Å². The summed E-state index contributed by atoms with van der Waals surface area (Å²) in [6, 6.07) is 13.4. The van der Waals surface area contributed by atoms with Gasteiger partial charge >= 0.3 is 0 Å². The van der Waals surface area contributed by atoms with E-state index in [4.69, 9.17) is 4.74 Å². The van der Waals surface area contributed by atoms with Crippen LogP contribution in [0.1, 0.15) is 40.7 Å². The number of fused-ring (bicyclic) bond motifs is 4. The highest BCUT2D eigenvalue weighted by atomic mass is 19.1. The smallest absolute Gasteiger partial charge is 0.255 e. The van der Waals surface area contributed by atoms with E-state index in [1.807, 2.05) is 18.2 Å². The number of nitrogens with zero attached hydrogens (tertiary/aromatic N) is 6. The third kappa shape index (κ3) is 6.53. The molecule has 0 aliphatic carbocycles. The van der Waals surface area contributed by atoms with Crippen molar-refractivity contribution in [1.29, 1.82) is 0 Å². The number of hydrogen-bond donors (Lipinski definition) is 3. The van der Waals surface area contributed by atoms with Gasteiger partial charge in [-0.1, -0.05) is 12.1 Å². The normalized spacial score (nSPS) is 22.3. The Labute approximate surface area is 313 Å². The third-order valence-corrected chi connectivity index (χ3v) is 11.2. The Morgan fingerprint density at radius 1 is 0.891 bits per heavy atom. The molecular weight excluding hydrogens is 717 g/mol. The van der Waals surface area contributed by atoms with Crippen molar-refractivity contribution >= 4 is 34.9 Å². The molecule has 5 aliphatic heterocycles. The number of halogens is 3. The van der Waals surface area contributed by atoms with E-state index in [0.29, 0.717) is 99.6 Å². The largest absolute Gasteiger partial charge is 0.504 e. The van der Waals surface area contributed by atoms with E-state index in [1.165, 1.54) is 6.07 Å². The first-order valence-electron chi connectivity index (χ1n) is 18.3. The number of hydrogen-bond acceptors (Lipinski definition) is 11. The number of imide groups is 1. The van der Waals surface area contributed by atoms with Crippen molar-refractivity contribution in [2.45, 2.75) is 50.5 Å². The molecule has 5 aliphatic rings. The van der Waals surface area contributed by atoms with Crippen molar-refractivity contribution in [3.05, 3.63) is 88.7 Å². The number of phenols is 1. The average molecular weight is 755 g/mol. The third-order valence-electron chi connectivity index (χ3n) is 11.2. The highest BCUT2D eigenvalue weighted by Gasteiger charge is 2.40. The molecule has 6 heterocycles. The number of rotatable bonds is 7. The molecule has 1 unspecified atom stereocenters. The number of phenolic OH excluding ortho intramolecular Hbond substituents is 1. The van der Waals surface area contributed by atoms with E-state index in [0.717, 1.165) is 17.3 Å². The van der Waals surface area contributed by atoms with E-state index >= 15 is 4.39 Å². The first-order valence-corrected chi connectivity index (χ1v) is 18.3. The van der Waals surface area contributed by atoms with Crippen LogP contribution in [0.4, 0.5) is 30.4 Å². The predicted molar refractivity (Wildman–Crippen MR) is 194 cm³/mol. The molecule has 3 atom stereocenters. The second-order valence-electron chi connectivity index (χ2n) is 14.7. The molecule has 3 fully saturated rings. The van der Waals surface area contributed by atoms with Crippen molar-refractivity contribution in [2.75, 3.05) is 54.4 Å². The van der Waals surface area contributed by atoms with Gasteiger partial charge in [0.05, 0.1) is 24.0 Å². The van der Waals surface area contributed by atoms with Crippen LogP contribution in [0.15, 0.2) is 54.6 Å². The predicted octanol–water partition coefficient (Wildman–Crippen LogP) is 3.80. The van der Waals surface area contributed by atoms with Crippen molar-refractivity contribution < 1.29 is 37.4 Å². The Kier molecular flexibility index (Phi) is 8.71. The molecule has 0 saturated carbocycles. The number of piperazine rings is 1. The van der Waals surface area contributed by atoms with Gasteiger partial charge in [-0.15, -0.1) is 10.2 Å². The average Bonchev–Trinajstić information content (AvgIpc) is 3.74. The van der Waals surface area contributed by atoms with Gasteiger partial charge in [0.2, 0.25) is 11.8 Å². The maximum Gasteiger partial charge on any atom is 0.255 e. The van der Waals surface area contributed by atoms with Crippen molar-refractivity contribution in [3.8, 4) is 22.8 Å². The number of aromatic hydroxyl groups is 1. The number of ether oxygens (including phenoxy) is 1. The van der Waals surface area contributed by atoms with E-state index < -0.39 is 29.3 Å². The molecule has 0 spiro atoms. The monoisotopic (exact) mass is 754 g/mol. The van der Waals surface area contributed by atoms with Gasteiger partial charge in [-0.25, -0.2) is 13.2 Å². The molecule has 4 aromatic rings. The minimum Gasteiger partial charge on any atom is -0.504 e. The van der Waals surface area contributed by atoms with Crippen LogP contribution in [0.2, 0.25) is 0 Å². The second kappa shape index (κ2) is 13.7. The molecule has 3 aromatic carbocycles. The molecule has 0 bridgehead atoms. The van der Waals surface area contributed by atoms with Gasteiger partial charge in [0.1, 0.15) is 29.5 Å². The lowest BCUT2D eigenvalue weighted by molar-refractivity contribution is -0.136. The highest BCUT2D eigenvalue weighted by Crippen LogP contribution is 2.40. The summed E-state index contributed by atoms with van der Waals surface area (Å²) in [4.78, 5) is 45.3. The van der Waals surface area contributed by atoms with Gasteiger partial charge in [-0.3, -0.25) is 24.6 Å². The van der Waals surface area contributed by atoms with Crippen molar-refractivity contribution in [2.24, 2.45) is 0 Å². The number of carbonyl (C=O) groups excluding carboxylic acids is 3. The van der Waals surface area contributed by atoms with E-state index in [9.17, 15) is 28.3 Å². The molecule has 0 radical (unpaired) electrons. The van der Waals surface area contributed by atoms with Gasteiger partial charge in [-0.2, -0.15) is 0 Å². The van der Waals surface area contributed by atoms with Gasteiger partial charge in [0, 0.05) is 93.2 Å². The summed E-state index contributed by atoms with van der Waals surface area (Å²) in [5.74, 6) is -3.02. The zero-order valence-corrected chi connectivity index (χ0v) is 29.6. The number of aromatic nitrogens is 2. The Morgan fingerprint density at radius 3 is 2.53 bits per heavy atom. The molecule has 3 amide bonds. The minimum absolute atomic E-state index is 0.0278. The van der Waals surface area contributed by atoms with Crippen molar-refractivity contribution in [1.82, 2.24) is 25.3 Å². The molecular formula is C39H37F3N8O5. The van der Waals surface area contributed by atoms with Crippen LogP contribution >= 0.6 is 0 Å². The molecule has 16 heteroatoms. The maximum absolute atomic E-state index is 15.5. The van der Waals surface area contributed by atoms with Crippen LogP contribution in [0.3, 0.4) is 0 Å². The van der Waals surface area contributed by atoms with Gasteiger partial charge in [-0.05, 0) is 42.3 Å². The zero-order valence-electron chi connectivity index (χ0n) is 29.6. The maximum atomic E-state index is 15.5. The molecule has 3 saturated heterocycles. The van der Waals surface area contributed by atoms with E-state index in [-0.39, 0.29) is 47.5 Å². The minimum atomic E-state index is -1.09. The Bertz CT molecular complexity index is 2230. The molecule has 3 N–H and O–H groups in total. The number of carbonyl (C=O) groups is 3. The van der Waals surface area contributed by atoms with Crippen molar-refractivity contribution in [3.63, 3.8) is 0 Å². The zero-order chi connectivity index (χ0) is 38.0. The van der Waals surface area contributed by atoms with E-state index in [2.05, 4.69) is 35.5 Å². The summed E-state index contributed by atoms with van der Waals surface area (Å²) in [6.07, 6.45) is 0.915. The lowest BCUT2D eigenvalue weighted by Crippen LogP contribution is -2.52. The standard InChI is InChI=1S/C39H37F3N8O5/c40-23-11-29(36(52)31(42)12-23)32-16-34-37(46-45-32)43-17-25-13-27(20-49(25)34)55-26-4-2-22(30(41)15-26)18-47-7-9-48(10-8-47)24-3-1-21-19-50(39(54)28(21)14-24)33-5-6-35(51)44-38(33)53/h1-4,11-12,14-16,25,27,33,52H,5-10,13,17-20H2,(H,43,46)(H,44,51,53)/t25-,27-,33?/m1/s1. The summed E-state index contributed by atoms with van der Waals surface area (Å²) in [7, 11) is 0. The summed E-state index contributed by atoms with van der Waals surface area (Å²) < 4.78 is 49.8. The van der Waals surface area contributed by atoms with Crippen LogP contribution < -0.4 is 25.2 Å². The Balaban J connectivity index is 0.800. The van der Waals surface area contributed by atoms with Gasteiger partial charge in [0.15, 0.2) is 17.4 Å². The number of anilines is 3. The summed E-state index contributed by atoms with van der Waals surface area (Å²) in [6.45, 7) is 4.59. The number of benzene rings is 3. The molecule has 55 heavy (non-hydrogen) atoms. The first kappa shape index (κ1) is 34.8. The van der Waals surface area contributed by atoms with Gasteiger partial charge < -0.3 is 29.9 Å². The molecule has 1 aromatic heterocycles. The topological polar surface area (TPSA) is 143 Å². The molecule has 13 nitrogen and oxygen atoms in total. The fourth-order valence-electron chi connectivity index (χ4n) is 8.35. The van der Waals surface area contributed by atoms with Crippen LogP contribution in [0.25, 0.3) is 11.3 Å². The second-order valence-corrected chi connectivity index (χ2v) is 14.7. The quantitative estimate of drug-likeness (QED) is 0.237. The van der Waals surface area contributed by atoms with E-state index in [1.54, 1.807) is 23.1 Å². The molecule has 9 rings (SSSR count). The van der Waals surface area contributed by atoms with Crippen LogP contribution in [-0.4, -0.2) is 100 Å². The Morgan fingerprint density at radius 2 is 1.73 bits per heavy atom. The lowest BCUT2D eigenvalue weighted by atomic mass is 10.0. The van der Waals surface area contributed by atoms with Crippen LogP contribution in [0, 0.1) is 17.5 Å². The summed E-state index contributed by atoms with van der Waals surface area (Å²) in [5.41, 5.74) is 3.60. The Hall–Kier alpha value is -5.90. The fraction of sp³-hybridized carbons (Fsp3) is 0.359. The van der Waals surface area contributed by atoms with Crippen LogP contribution in [-0.2, 0) is 22.7 Å².